The van der Waals surface area contributed by atoms with Crippen molar-refractivity contribution in [3.63, 3.8) is 0 Å². The maximum atomic E-state index is 9.32. The second-order valence-corrected chi connectivity index (χ2v) is 6.64. The molecule has 7 nitrogen and oxygen atoms in total. The molecule has 1 aliphatic heterocycles. The van der Waals surface area contributed by atoms with Gasteiger partial charge in [0.25, 0.3) is 5.89 Å². The predicted octanol–water partition coefficient (Wildman–Crippen LogP) is 4.28. The van der Waals surface area contributed by atoms with Crippen molar-refractivity contribution in [2.24, 2.45) is 0 Å². The molecule has 0 bridgehead atoms. The van der Waals surface area contributed by atoms with E-state index < -0.39 is 0 Å². The van der Waals surface area contributed by atoms with E-state index in [1.54, 1.807) is 6.07 Å². The number of rotatable bonds is 7. The van der Waals surface area contributed by atoms with Crippen LogP contribution in [0.1, 0.15) is 29.9 Å². The molecule has 0 amide bonds. The topological polar surface area (TPSA) is 93.5 Å². The highest BCUT2D eigenvalue weighted by atomic mass is 16.5. The Morgan fingerprint density at radius 3 is 2.93 bits per heavy atom. The number of oxazole rings is 1. The van der Waals surface area contributed by atoms with Crippen LogP contribution in [-0.2, 0) is 11.3 Å². The second-order valence-electron chi connectivity index (χ2n) is 6.64. The molecule has 1 N–H and O–H groups in total. The van der Waals surface area contributed by atoms with E-state index in [-0.39, 0.29) is 17.7 Å². The zero-order valence-corrected chi connectivity index (χ0v) is 15.6. The summed E-state index contributed by atoms with van der Waals surface area (Å²) >= 11 is 0. The second kappa shape index (κ2) is 8.19. The molecular weight excluding hydrogens is 358 g/mol. The summed E-state index contributed by atoms with van der Waals surface area (Å²) in [5.74, 6) is 2.49. The molecule has 3 heterocycles. The van der Waals surface area contributed by atoms with Gasteiger partial charge in [0.2, 0.25) is 11.6 Å². The van der Waals surface area contributed by atoms with E-state index in [9.17, 15) is 5.26 Å². The lowest BCUT2D eigenvalue weighted by atomic mass is 10.2. The van der Waals surface area contributed by atoms with Crippen LogP contribution in [0.4, 0.5) is 5.88 Å². The molecule has 0 saturated carbocycles. The Bertz CT molecular complexity index is 980. The zero-order chi connectivity index (χ0) is 19.3. The summed E-state index contributed by atoms with van der Waals surface area (Å²) in [6, 6.07) is 13.4. The number of benzene rings is 1. The van der Waals surface area contributed by atoms with E-state index in [0.717, 1.165) is 30.8 Å². The quantitative estimate of drug-likeness (QED) is 0.654. The first-order valence-corrected chi connectivity index (χ1v) is 9.27. The van der Waals surface area contributed by atoms with Crippen molar-refractivity contribution in [3.05, 3.63) is 53.4 Å². The predicted molar refractivity (Wildman–Crippen MR) is 102 cm³/mol. The van der Waals surface area contributed by atoms with E-state index in [4.69, 9.17) is 18.3 Å². The molecule has 28 heavy (non-hydrogen) atoms. The molecular formula is C21H21N3O4. The fraction of sp³-hybridized carbons (Fsp3) is 0.333. The van der Waals surface area contributed by atoms with Crippen molar-refractivity contribution in [2.75, 3.05) is 18.5 Å². The molecule has 1 aromatic carbocycles. The molecule has 0 aliphatic carbocycles. The lowest BCUT2D eigenvalue weighted by Gasteiger charge is -2.09. The fourth-order valence-electron chi connectivity index (χ4n) is 3.07. The molecule has 144 valence electrons. The van der Waals surface area contributed by atoms with Gasteiger partial charge in [-0.2, -0.15) is 10.2 Å². The molecule has 1 atom stereocenters. The Morgan fingerprint density at radius 1 is 1.25 bits per heavy atom. The molecule has 7 heteroatoms. The first-order chi connectivity index (χ1) is 13.7. The minimum Gasteiger partial charge on any atom is -0.485 e. The highest BCUT2D eigenvalue weighted by Crippen LogP contribution is 2.28. The smallest absolute Gasteiger partial charge is 0.266 e. The normalized spacial score (nSPS) is 16.1. The van der Waals surface area contributed by atoms with Gasteiger partial charge in [-0.25, -0.2) is 0 Å². The number of aryl methyl sites for hydroxylation is 1. The van der Waals surface area contributed by atoms with Gasteiger partial charge in [-0.3, -0.25) is 0 Å². The number of anilines is 1. The van der Waals surface area contributed by atoms with Crippen molar-refractivity contribution in [1.29, 1.82) is 5.26 Å². The summed E-state index contributed by atoms with van der Waals surface area (Å²) in [4.78, 5) is 4.22. The van der Waals surface area contributed by atoms with Crippen LogP contribution in [0.25, 0.3) is 11.7 Å². The summed E-state index contributed by atoms with van der Waals surface area (Å²) < 4.78 is 22.9. The summed E-state index contributed by atoms with van der Waals surface area (Å²) in [5.41, 5.74) is 1.25. The van der Waals surface area contributed by atoms with Gasteiger partial charge in [-0.1, -0.05) is 18.2 Å². The third-order valence-electron chi connectivity index (χ3n) is 4.58. The zero-order valence-electron chi connectivity index (χ0n) is 15.6. The Balaban J connectivity index is 1.43. The van der Waals surface area contributed by atoms with Crippen molar-refractivity contribution in [3.8, 4) is 23.5 Å². The van der Waals surface area contributed by atoms with Crippen LogP contribution in [-0.4, -0.2) is 24.2 Å². The first-order valence-electron chi connectivity index (χ1n) is 9.27. The van der Waals surface area contributed by atoms with Gasteiger partial charge in [0, 0.05) is 13.2 Å². The minimum absolute atomic E-state index is 0.133. The highest BCUT2D eigenvalue weighted by Gasteiger charge is 2.20. The van der Waals surface area contributed by atoms with Crippen molar-refractivity contribution in [2.45, 2.75) is 32.5 Å². The highest BCUT2D eigenvalue weighted by molar-refractivity contribution is 5.54. The standard InChI is InChI=1S/C21H21N3O4/c1-14-5-2-3-7-18(14)26-13-16-8-9-19(27-16)21-24-17(11-22)20(28-21)23-12-15-6-4-10-25-15/h2-3,5,7-9,15,23H,4,6,10,12-13H2,1H3/t15-/m0/s1. The molecule has 1 fully saturated rings. The summed E-state index contributed by atoms with van der Waals surface area (Å²) in [5, 5.41) is 12.4. The van der Waals surface area contributed by atoms with Gasteiger partial charge >= 0.3 is 0 Å². The maximum Gasteiger partial charge on any atom is 0.266 e. The average molecular weight is 379 g/mol. The number of para-hydroxylation sites is 1. The SMILES string of the molecule is Cc1ccccc1OCc1ccc(-c2nc(C#N)c(NC[C@@H]3CCCO3)o2)o1. The van der Waals surface area contributed by atoms with E-state index in [1.807, 2.05) is 43.3 Å². The number of nitrogens with zero attached hydrogens (tertiary/aromatic N) is 2. The molecule has 0 spiro atoms. The Morgan fingerprint density at radius 2 is 2.14 bits per heavy atom. The van der Waals surface area contributed by atoms with Crippen LogP contribution < -0.4 is 10.1 Å². The van der Waals surface area contributed by atoms with Gasteiger partial charge in [0.1, 0.15) is 24.2 Å². The van der Waals surface area contributed by atoms with Gasteiger partial charge in [0.05, 0.1) is 6.10 Å². The Hall–Kier alpha value is -3.24. The summed E-state index contributed by atoms with van der Waals surface area (Å²) in [6.07, 6.45) is 2.19. The molecule has 3 aromatic rings. The molecule has 0 radical (unpaired) electrons. The number of hydrogen-bond donors (Lipinski definition) is 1. The van der Waals surface area contributed by atoms with Crippen LogP contribution in [0.5, 0.6) is 5.75 Å². The Kier molecular flexibility index (Phi) is 5.31. The van der Waals surface area contributed by atoms with Crippen LogP contribution >= 0.6 is 0 Å². The van der Waals surface area contributed by atoms with Crippen LogP contribution in [0.2, 0.25) is 0 Å². The van der Waals surface area contributed by atoms with Crippen LogP contribution in [0.15, 0.2) is 45.2 Å². The third kappa shape index (κ3) is 4.02. The monoisotopic (exact) mass is 379 g/mol. The number of furan rings is 1. The molecule has 0 unspecified atom stereocenters. The van der Waals surface area contributed by atoms with E-state index >= 15 is 0 Å². The summed E-state index contributed by atoms with van der Waals surface area (Å²) in [6.45, 7) is 3.64. The minimum atomic E-state index is 0.133. The Labute approximate surface area is 162 Å². The number of nitrogens with one attached hydrogen (secondary N) is 1. The largest absolute Gasteiger partial charge is 0.485 e. The van der Waals surface area contributed by atoms with E-state index in [1.165, 1.54) is 0 Å². The summed E-state index contributed by atoms with van der Waals surface area (Å²) in [7, 11) is 0. The molecule has 1 aliphatic rings. The van der Waals surface area contributed by atoms with Crippen LogP contribution in [0.3, 0.4) is 0 Å². The number of hydrogen-bond acceptors (Lipinski definition) is 7. The van der Waals surface area contributed by atoms with E-state index in [2.05, 4.69) is 10.3 Å². The lowest BCUT2D eigenvalue weighted by Crippen LogP contribution is -2.18. The third-order valence-corrected chi connectivity index (χ3v) is 4.58. The number of aromatic nitrogens is 1. The van der Waals surface area contributed by atoms with Crippen molar-refractivity contribution >= 4 is 5.88 Å². The van der Waals surface area contributed by atoms with Gasteiger partial charge in [-0.15, -0.1) is 0 Å². The van der Waals surface area contributed by atoms with Crippen LogP contribution in [0, 0.1) is 18.3 Å². The van der Waals surface area contributed by atoms with E-state index in [0.29, 0.717) is 30.6 Å². The van der Waals surface area contributed by atoms with Gasteiger partial charge in [0.15, 0.2) is 5.76 Å². The van der Waals surface area contributed by atoms with Gasteiger partial charge in [-0.05, 0) is 43.5 Å². The first kappa shape index (κ1) is 18.1. The number of ether oxygens (including phenoxy) is 2. The van der Waals surface area contributed by atoms with Crippen molar-refractivity contribution in [1.82, 2.24) is 4.98 Å². The van der Waals surface area contributed by atoms with Gasteiger partial charge < -0.3 is 23.6 Å². The number of nitriles is 1. The average Bonchev–Trinajstić information content (AvgIpc) is 3.45. The fourth-order valence-corrected chi connectivity index (χ4v) is 3.07. The molecule has 2 aromatic heterocycles. The lowest BCUT2D eigenvalue weighted by molar-refractivity contribution is 0.120. The maximum absolute atomic E-state index is 9.32. The van der Waals surface area contributed by atoms with Crippen molar-refractivity contribution < 1.29 is 18.3 Å². The molecule has 4 rings (SSSR count). The molecule has 1 saturated heterocycles.